The summed E-state index contributed by atoms with van der Waals surface area (Å²) in [6.07, 6.45) is 2.01. The molecule has 0 fully saturated rings. The summed E-state index contributed by atoms with van der Waals surface area (Å²) >= 11 is 12.2. The molecule has 0 radical (unpaired) electrons. The number of halogens is 2. The Morgan fingerprint density at radius 1 is 0.903 bits per heavy atom. The van der Waals surface area contributed by atoms with Crippen LogP contribution in [0.1, 0.15) is 0 Å². The van der Waals surface area contributed by atoms with Crippen molar-refractivity contribution in [3.05, 3.63) is 46.6 Å². The van der Waals surface area contributed by atoms with Crippen molar-refractivity contribution in [2.24, 2.45) is 7.05 Å². The molecule has 31 heavy (non-hydrogen) atoms. The Bertz CT molecular complexity index is 1200. The molecule has 1 aromatic heterocycles. The van der Waals surface area contributed by atoms with Gasteiger partial charge in [0, 0.05) is 5.39 Å². The van der Waals surface area contributed by atoms with E-state index in [1.165, 1.54) is 0 Å². The van der Waals surface area contributed by atoms with E-state index in [4.69, 9.17) is 37.4 Å². The number of fused-ring (bicyclic) bond motifs is 1. The van der Waals surface area contributed by atoms with Crippen LogP contribution in [-0.2, 0) is 21.6 Å². The van der Waals surface area contributed by atoms with Gasteiger partial charge in [0.1, 0.15) is 7.05 Å². The van der Waals surface area contributed by atoms with Crippen molar-refractivity contribution >= 4 is 44.4 Å². The van der Waals surface area contributed by atoms with Crippen molar-refractivity contribution < 1.29 is 35.9 Å². The first-order valence-corrected chi connectivity index (χ1v) is 10.7. The number of hydrogen-bond donors (Lipinski definition) is 0. The highest BCUT2D eigenvalue weighted by Crippen LogP contribution is 2.40. The molecule has 3 rings (SSSR count). The Morgan fingerprint density at radius 3 is 1.97 bits per heavy atom. The molecule has 0 N–H and O–H groups in total. The number of pyridine rings is 1. The monoisotopic (exact) mass is 489 g/mol. The molecule has 0 unspecified atom stereocenters. The number of hydrogen-bond acceptors (Lipinski definition) is 7. The van der Waals surface area contributed by atoms with Gasteiger partial charge >= 0.3 is 0 Å². The Morgan fingerprint density at radius 2 is 1.48 bits per heavy atom. The number of aryl methyl sites for hydroxylation is 1. The molecule has 0 aliphatic heterocycles. The minimum atomic E-state index is -4.41. The summed E-state index contributed by atoms with van der Waals surface area (Å²) in [5.41, 5.74) is 1.80. The summed E-state index contributed by atoms with van der Waals surface area (Å²) < 4.78 is 49.6. The second kappa shape index (κ2) is 10.3. The van der Waals surface area contributed by atoms with Crippen LogP contribution >= 0.6 is 23.2 Å². The maximum absolute atomic E-state index is 9.22. The topological polar surface area (TPSA) is 98.0 Å². The molecule has 0 amide bonds. The van der Waals surface area contributed by atoms with Gasteiger partial charge in [0.2, 0.25) is 10.4 Å². The van der Waals surface area contributed by atoms with Crippen molar-refractivity contribution in [2.45, 2.75) is 0 Å². The van der Waals surface area contributed by atoms with Gasteiger partial charge in [0.25, 0.3) is 5.69 Å². The third kappa shape index (κ3) is 5.90. The minimum absolute atomic E-state index is 0.494. The quantitative estimate of drug-likeness (QED) is 0.305. The van der Waals surface area contributed by atoms with Crippen LogP contribution in [0.15, 0.2) is 36.5 Å². The van der Waals surface area contributed by atoms with Gasteiger partial charge in [0.05, 0.1) is 49.4 Å². The van der Waals surface area contributed by atoms with E-state index in [-0.39, 0.29) is 0 Å². The molecule has 2 aromatic carbocycles. The van der Waals surface area contributed by atoms with E-state index in [9.17, 15) is 13.0 Å². The summed E-state index contributed by atoms with van der Waals surface area (Å²) in [5, 5.41) is 2.90. The minimum Gasteiger partial charge on any atom is -0.726 e. The van der Waals surface area contributed by atoms with E-state index in [2.05, 4.69) is 4.18 Å². The zero-order valence-electron chi connectivity index (χ0n) is 17.4. The molecule has 0 aliphatic rings. The molecule has 0 spiro atoms. The first kappa shape index (κ1) is 25.0. The van der Waals surface area contributed by atoms with Gasteiger partial charge in [-0.15, -0.1) is 0 Å². The molecule has 0 atom stereocenters. The molecule has 0 saturated carbocycles. The van der Waals surface area contributed by atoms with E-state index in [1.807, 2.05) is 42.1 Å². The van der Waals surface area contributed by atoms with Crippen LogP contribution in [0, 0.1) is 0 Å². The molecule has 0 aliphatic carbocycles. The molecule has 168 valence electrons. The lowest BCUT2D eigenvalue weighted by Gasteiger charge is -2.13. The fraction of sp³-hybridized carbons (Fsp3) is 0.250. The van der Waals surface area contributed by atoms with Gasteiger partial charge in [-0.05, 0) is 30.3 Å². The van der Waals surface area contributed by atoms with Crippen LogP contribution in [0.2, 0.25) is 10.0 Å². The Labute approximate surface area is 190 Å². The summed E-state index contributed by atoms with van der Waals surface area (Å²) in [6.45, 7) is 0. The van der Waals surface area contributed by atoms with E-state index < -0.39 is 10.4 Å². The SMILES string of the molecule is COS(=O)(=O)[O-].COc1cc2c[n+](C)c(-c3ccc(Cl)c(Cl)c3)c(OC)c2cc1OC. The second-order valence-corrected chi connectivity index (χ2v) is 8.08. The van der Waals surface area contributed by atoms with E-state index in [0.717, 1.165) is 34.9 Å². The molecule has 11 heteroatoms. The summed E-state index contributed by atoms with van der Waals surface area (Å²) in [4.78, 5) is 0. The Balaban J connectivity index is 0.000000501. The summed E-state index contributed by atoms with van der Waals surface area (Å²) in [6, 6.07) is 9.35. The van der Waals surface area contributed by atoms with Gasteiger partial charge in [-0.3, -0.25) is 4.18 Å². The van der Waals surface area contributed by atoms with Crippen LogP contribution in [0.5, 0.6) is 17.2 Å². The second-order valence-electron chi connectivity index (χ2n) is 6.12. The lowest BCUT2D eigenvalue weighted by molar-refractivity contribution is -0.659. The van der Waals surface area contributed by atoms with Crippen LogP contribution in [0.4, 0.5) is 0 Å². The number of methoxy groups -OCH3 is 3. The summed E-state index contributed by atoms with van der Waals surface area (Å²) in [5.74, 6) is 2.03. The molecule has 0 saturated heterocycles. The Hall–Kier alpha value is -2.30. The van der Waals surface area contributed by atoms with Gasteiger partial charge < -0.3 is 18.8 Å². The predicted molar refractivity (Wildman–Crippen MR) is 117 cm³/mol. The van der Waals surface area contributed by atoms with Crippen molar-refractivity contribution in [1.82, 2.24) is 0 Å². The van der Waals surface area contributed by atoms with Crippen LogP contribution in [0.25, 0.3) is 22.0 Å². The van der Waals surface area contributed by atoms with Crippen molar-refractivity contribution in [3.8, 4) is 28.5 Å². The number of nitrogens with zero attached hydrogens (tertiary/aromatic N) is 1. The van der Waals surface area contributed by atoms with Gasteiger partial charge in [-0.1, -0.05) is 23.2 Å². The predicted octanol–water partition coefficient (Wildman–Crippen LogP) is 3.76. The van der Waals surface area contributed by atoms with Gasteiger partial charge in [0.15, 0.2) is 23.4 Å². The maximum Gasteiger partial charge on any atom is 0.255 e. The zero-order chi connectivity index (χ0) is 23.3. The molecule has 0 bridgehead atoms. The lowest BCUT2D eigenvalue weighted by Crippen LogP contribution is -2.31. The number of rotatable bonds is 5. The van der Waals surface area contributed by atoms with Crippen LogP contribution in [0.3, 0.4) is 0 Å². The summed E-state index contributed by atoms with van der Waals surface area (Å²) in [7, 11) is 3.22. The first-order valence-electron chi connectivity index (χ1n) is 8.65. The normalized spacial score (nSPS) is 11.0. The number of benzene rings is 2. The maximum atomic E-state index is 9.22. The van der Waals surface area contributed by atoms with Gasteiger partial charge in [-0.2, -0.15) is 4.57 Å². The number of ether oxygens (including phenoxy) is 3. The van der Waals surface area contributed by atoms with Crippen molar-refractivity contribution in [2.75, 3.05) is 28.4 Å². The van der Waals surface area contributed by atoms with E-state index >= 15 is 0 Å². The fourth-order valence-corrected chi connectivity index (χ4v) is 3.24. The molecule has 1 heterocycles. The molecular formula is C20H21Cl2NO7S. The van der Waals surface area contributed by atoms with Crippen LogP contribution in [-0.4, -0.2) is 41.4 Å². The fourth-order valence-electron chi connectivity index (χ4n) is 2.94. The molecule has 3 aromatic rings. The highest BCUT2D eigenvalue weighted by Gasteiger charge is 2.23. The standard InChI is InChI=1S/C19H18Cl2NO3.CH4O4S/c1-22-10-12-8-16(23-2)17(24-3)9-13(12)19(25-4)18(22)11-5-6-14(20)15(21)7-11;1-5-6(2,3)4/h5-10H,1-4H3;1H3,(H,2,3,4)/q+1;/p-1. The van der Waals surface area contributed by atoms with Crippen molar-refractivity contribution in [1.29, 1.82) is 0 Å². The third-order valence-corrected chi connectivity index (χ3v) is 5.45. The smallest absolute Gasteiger partial charge is 0.255 e. The first-order chi connectivity index (χ1) is 14.6. The third-order valence-electron chi connectivity index (χ3n) is 4.30. The highest BCUT2D eigenvalue weighted by molar-refractivity contribution is 7.80. The number of aromatic nitrogens is 1. The average Bonchev–Trinajstić information content (AvgIpc) is 2.73. The van der Waals surface area contributed by atoms with Crippen molar-refractivity contribution in [3.63, 3.8) is 0 Å². The molecular weight excluding hydrogens is 469 g/mol. The Kier molecular flexibility index (Phi) is 8.33. The van der Waals surface area contributed by atoms with E-state index in [0.29, 0.717) is 21.5 Å². The van der Waals surface area contributed by atoms with Crippen LogP contribution < -0.4 is 18.8 Å². The highest BCUT2D eigenvalue weighted by atomic mass is 35.5. The zero-order valence-corrected chi connectivity index (χ0v) is 19.8. The largest absolute Gasteiger partial charge is 0.726 e. The average molecular weight is 490 g/mol. The van der Waals surface area contributed by atoms with Gasteiger partial charge in [-0.25, -0.2) is 8.42 Å². The molecule has 8 nitrogen and oxygen atoms in total. The lowest BCUT2D eigenvalue weighted by atomic mass is 10.0. The van der Waals surface area contributed by atoms with E-state index in [1.54, 1.807) is 27.4 Å².